The van der Waals surface area contributed by atoms with E-state index in [2.05, 4.69) is 17.1 Å². The molecule has 1 aliphatic heterocycles. The first-order valence-electron chi connectivity index (χ1n) is 10.4. The van der Waals surface area contributed by atoms with Crippen molar-refractivity contribution in [2.24, 2.45) is 0 Å². The first-order chi connectivity index (χ1) is 14.8. The molecule has 0 bridgehead atoms. The molecule has 0 radical (unpaired) electrons. The van der Waals surface area contributed by atoms with E-state index in [-0.39, 0.29) is 16.9 Å². The van der Waals surface area contributed by atoms with E-state index in [4.69, 9.17) is 0 Å². The molecule has 1 aromatic heterocycles. The van der Waals surface area contributed by atoms with E-state index in [0.717, 1.165) is 22.4 Å². The zero-order valence-corrected chi connectivity index (χ0v) is 19.3. The van der Waals surface area contributed by atoms with Crippen molar-refractivity contribution in [2.45, 2.75) is 51.6 Å². The number of hydrogen-bond donors (Lipinski definition) is 0. The van der Waals surface area contributed by atoms with Crippen molar-refractivity contribution >= 4 is 29.1 Å². The second-order valence-electron chi connectivity index (χ2n) is 8.11. The number of anilines is 1. The maximum Gasteiger partial charge on any atom is 0.296 e. The fraction of sp³-hybridized carbons (Fsp3) is 0.333. The fourth-order valence-electron chi connectivity index (χ4n) is 3.64. The summed E-state index contributed by atoms with van der Waals surface area (Å²) in [4.78, 5) is 27.7. The van der Waals surface area contributed by atoms with Crippen LogP contribution < -0.4 is 4.90 Å². The summed E-state index contributed by atoms with van der Waals surface area (Å²) in [5.74, 6) is 0.198. The molecular formula is C24H26N4O2S. The Morgan fingerprint density at radius 1 is 0.935 bits per heavy atom. The van der Waals surface area contributed by atoms with Gasteiger partial charge in [-0.3, -0.25) is 14.2 Å². The highest BCUT2D eigenvalue weighted by molar-refractivity contribution is 8.00. The van der Waals surface area contributed by atoms with E-state index >= 15 is 0 Å². The maximum atomic E-state index is 13.1. The Labute approximate surface area is 186 Å². The van der Waals surface area contributed by atoms with Crippen LogP contribution in [0.1, 0.15) is 50.2 Å². The number of aromatic nitrogens is 3. The van der Waals surface area contributed by atoms with E-state index in [9.17, 15) is 9.59 Å². The summed E-state index contributed by atoms with van der Waals surface area (Å²) in [5, 5.41) is 8.66. The zero-order valence-electron chi connectivity index (χ0n) is 18.5. The van der Waals surface area contributed by atoms with Crippen molar-refractivity contribution in [1.82, 2.24) is 14.8 Å². The molecule has 6 nitrogen and oxygen atoms in total. The third-order valence-corrected chi connectivity index (χ3v) is 7.03. The molecule has 0 saturated carbocycles. The molecule has 1 unspecified atom stereocenters. The van der Waals surface area contributed by atoms with Gasteiger partial charge < -0.3 is 4.90 Å². The van der Waals surface area contributed by atoms with Crippen molar-refractivity contribution in [3.8, 4) is 0 Å². The molecule has 160 valence electrons. The normalized spacial score (nSPS) is 14.5. The van der Waals surface area contributed by atoms with Crippen molar-refractivity contribution in [2.75, 3.05) is 11.4 Å². The molecule has 7 heteroatoms. The van der Waals surface area contributed by atoms with Gasteiger partial charge in [-0.1, -0.05) is 30.0 Å². The Kier molecular flexibility index (Phi) is 5.71. The Bertz CT molecular complexity index is 1180. The Morgan fingerprint density at radius 3 is 2.29 bits per heavy atom. The van der Waals surface area contributed by atoms with E-state index in [1.165, 1.54) is 17.3 Å². The van der Waals surface area contributed by atoms with E-state index in [1.54, 1.807) is 4.90 Å². The van der Waals surface area contributed by atoms with E-state index < -0.39 is 0 Å². The second kappa shape index (κ2) is 8.30. The lowest BCUT2D eigenvalue weighted by molar-refractivity contribution is 0.0957. The highest BCUT2D eigenvalue weighted by Crippen LogP contribution is 2.29. The monoisotopic (exact) mass is 434 g/mol. The predicted molar refractivity (Wildman–Crippen MR) is 123 cm³/mol. The number of ketones is 1. The Hall–Kier alpha value is -2.93. The van der Waals surface area contributed by atoms with Crippen LogP contribution >= 0.6 is 11.8 Å². The highest BCUT2D eigenvalue weighted by Gasteiger charge is 2.31. The van der Waals surface area contributed by atoms with Crippen molar-refractivity contribution in [1.29, 1.82) is 0 Å². The molecule has 1 atom stereocenters. The number of Topliss-reactive ketones (excluding diaryl/α,β-unsaturated/α-hetero) is 1. The van der Waals surface area contributed by atoms with Gasteiger partial charge in [0.2, 0.25) is 5.82 Å². The Balaban J connectivity index is 1.53. The van der Waals surface area contributed by atoms with Crippen LogP contribution in [0.3, 0.4) is 0 Å². The molecule has 2 aromatic carbocycles. The summed E-state index contributed by atoms with van der Waals surface area (Å²) in [6.07, 6.45) is 0. The second-order valence-corrected chi connectivity index (χ2v) is 9.41. The van der Waals surface area contributed by atoms with Gasteiger partial charge in [-0.05, 0) is 75.1 Å². The van der Waals surface area contributed by atoms with E-state index in [0.29, 0.717) is 29.6 Å². The first kappa shape index (κ1) is 21.3. The summed E-state index contributed by atoms with van der Waals surface area (Å²) in [7, 11) is 0. The number of fused-ring (bicyclic) bond motifs is 1. The number of carbonyl (C=O) groups is 2. The van der Waals surface area contributed by atoms with Crippen LogP contribution in [-0.4, -0.2) is 38.2 Å². The lowest BCUT2D eigenvalue weighted by Crippen LogP contribution is -2.40. The number of benzene rings is 2. The molecular weight excluding hydrogens is 408 g/mol. The maximum absolute atomic E-state index is 13.1. The number of thioether (sulfide) groups is 1. The standard InChI is InChI=1S/C24H26N4O2S/c1-14-6-8-19(12-16(14)3)21(29)18(5)31-24-26-25-22-23(30)27(10-11-28(22)24)20-9-7-15(2)17(4)13-20/h6-9,12-13,18H,10-11H2,1-5H3. The molecule has 31 heavy (non-hydrogen) atoms. The van der Waals surface area contributed by atoms with Gasteiger partial charge in [0.15, 0.2) is 10.9 Å². The van der Waals surface area contributed by atoms with Crippen LogP contribution in [0.15, 0.2) is 41.6 Å². The van der Waals surface area contributed by atoms with Crippen LogP contribution in [0.5, 0.6) is 0 Å². The molecule has 0 saturated heterocycles. The van der Waals surface area contributed by atoms with Crippen LogP contribution in [0.2, 0.25) is 0 Å². The lowest BCUT2D eigenvalue weighted by Gasteiger charge is -2.28. The summed E-state index contributed by atoms with van der Waals surface area (Å²) >= 11 is 1.35. The molecule has 4 rings (SSSR count). The molecule has 0 fully saturated rings. The van der Waals surface area contributed by atoms with Gasteiger partial charge >= 0.3 is 0 Å². The smallest absolute Gasteiger partial charge is 0.296 e. The number of amides is 1. The number of carbonyl (C=O) groups excluding carboxylic acids is 2. The van der Waals surface area contributed by atoms with Crippen molar-refractivity contribution in [3.05, 3.63) is 70.0 Å². The molecule has 1 aliphatic rings. The average molecular weight is 435 g/mol. The molecule has 0 spiro atoms. The largest absolute Gasteiger partial charge is 0.304 e. The summed E-state index contributed by atoms with van der Waals surface area (Å²) in [6.45, 7) is 11.1. The van der Waals surface area contributed by atoms with Crippen LogP contribution in [0, 0.1) is 27.7 Å². The third kappa shape index (κ3) is 4.02. The minimum atomic E-state index is -0.330. The molecule has 2 heterocycles. The van der Waals surface area contributed by atoms with Gasteiger partial charge in [0, 0.05) is 24.3 Å². The Morgan fingerprint density at radius 2 is 1.61 bits per heavy atom. The number of rotatable bonds is 5. The van der Waals surface area contributed by atoms with Crippen LogP contribution in [0.4, 0.5) is 5.69 Å². The van der Waals surface area contributed by atoms with Crippen molar-refractivity contribution in [3.63, 3.8) is 0 Å². The lowest BCUT2D eigenvalue weighted by atomic mass is 10.0. The first-order valence-corrected chi connectivity index (χ1v) is 11.2. The van der Waals surface area contributed by atoms with Gasteiger partial charge in [-0.25, -0.2) is 0 Å². The predicted octanol–water partition coefficient (Wildman–Crippen LogP) is 4.54. The van der Waals surface area contributed by atoms with Crippen molar-refractivity contribution < 1.29 is 9.59 Å². The fourth-order valence-corrected chi connectivity index (χ4v) is 4.59. The summed E-state index contributed by atoms with van der Waals surface area (Å²) < 4.78 is 1.83. The number of nitrogens with zero attached hydrogens (tertiary/aromatic N) is 4. The van der Waals surface area contributed by atoms with Gasteiger partial charge in [0.25, 0.3) is 5.91 Å². The van der Waals surface area contributed by atoms with Gasteiger partial charge in [0.05, 0.1) is 5.25 Å². The quantitative estimate of drug-likeness (QED) is 0.436. The zero-order chi connectivity index (χ0) is 22.3. The molecule has 3 aromatic rings. The molecule has 1 amide bonds. The molecule has 0 N–H and O–H groups in total. The molecule has 0 aliphatic carbocycles. The third-order valence-electron chi connectivity index (χ3n) is 5.95. The number of aryl methyl sites for hydroxylation is 4. The highest BCUT2D eigenvalue weighted by atomic mass is 32.2. The van der Waals surface area contributed by atoms with Gasteiger partial charge in [-0.2, -0.15) is 0 Å². The average Bonchev–Trinajstić information content (AvgIpc) is 3.15. The summed E-state index contributed by atoms with van der Waals surface area (Å²) in [5.41, 5.74) is 6.16. The van der Waals surface area contributed by atoms with Crippen LogP contribution in [-0.2, 0) is 6.54 Å². The number of hydrogen-bond acceptors (Lipinski definition) is 5. The van der Waals surface area contributed by atoms with Crippen LogP contribution in [0.25, 0.3) is 0 Å². The van der Waals surface area contributed by atoms with Gasteiger partial charge in [0.1, 0.15) is 0 Å². The SMILES string of the molecule is Cc1ccc(C(=O)C(C)Sc2nnc3n2CCN(c2ccc(C)c(C)c2)C3=O)cc1C. The van der Waals surface area contributed by atoms with E-state index in [1.807, 2.05) is 68.7 Å². The minimum Gasteiger partial charge on any atom is -0.304 e. The van der Waals surface area contributed by atoms with Gasteiger partial charge in [-0.15, -0.1) is 10.2 Å². The topological polar surface area (TPSA) is 68.1 Å². The minimum absolute atomic E-state index is 0.0457. The summed E-state index contributed by atoms with van der Waals surface area (Å²) in [6, 6.07) is 11.8.